The van der Waals surface area contributed by atoms with Crippen LogP contribution in [0.2, 0.25) is 0 Å². The zero-order valence-corrected chi connectivity index (χ0v) is 15.2. The summed E-state index contributed by atoms with van der Waals surface area (Å²) in [6, 6.07) is 0.0672. The standard InChI is InChI=1S/C16H33NO4S/c1-4-5-6-11-20-12-13-21-16-9-7-15(8-10-16)17-22(18,19)14(2)3/h14-17H,4-13H2,1-3H3. The third kappa shape index (κ3) is 7.90. The number of rotatable bonds is 11. The van der Waals surface area contributed by atoms with Crippen LogP contribution in [0.25, 0.3) is 0 Å². The predicted molar refractivity (Wildman–Crippen MR) is 89.5 cm³/mol. The lowest BCUT2D eigenvalue weighted by Gasteiger charge is -2.29. The largest absolute Gasteiger partial charge is 0.379 e. The van der Waals surface area contributed by atoms with Crippen LogP contribution in [-0.2, 0) is 19.5 Å². The molecule has 0 saturated heterocycles. The first-order chi connectivity index (χ1) is 10.5. The Balaban J connectivity index is 2.08. The van der Waals surface area contributed by atoms with Crippen LogP contribution in [0.5, 0.6) is 0 Å². The molecule has 1 N–H and O–H groups in total. The van der Waals surface area contributed by atoms with E-state index in [9.17, 15) is 8.42 Å². The third-order valence-corrected chi connectivity index (χ3v) is 6.00. The second kappa shape index (κ2) is 10.6. The lowest BCUT2D eigenvalue weighted by atomic mass is 9.94. The number of hydrogen-bond donors (Lipinski definition) is 1. The van der Waals surface area contributed by atoms with Crippen molar-refractivity contribution in [3.05, 3.63) is 0 Å². The van der Waals surface area contributed by atoms with Crippen molar-refractivity contribution in [3.63, 3.8) is 0 Å². The Kier molecular flexibility index (Phi) is 9.55. The van der Waals surface area contributed by atoms with E-state index in [1.807, 2.05) is 0 Å². The first kappa shape index (κ1) is 19.9. The molecule has 132 valence electrons. The van der Waals surface area contributed by atoms with Crippen LogP contribution < -0.4 is 4.72 Å². The molecule has 0 atom stereocenters. The average molecular weight is 336 g/mol. The summed E-state index contributed by atoms with van der Waals surface area (Å²) in [5, 5.41) is -0.369. The van der Waals surface area contributed by atoms with E-state index in [-0.39, 0.29) is 17.4 Å². The molecule has 0 bridgehead atoms. The van der Waals surface area contributed by atoms with Crippen LogP contribution in [-0.4, -0.2) is 45.6 Å². The fourth-order valence-electron chi connectivity index (χ4n) is 2.55. The van der Waals surface area contributed by atoms with Crippen LogP contribution in [0.3, 0.4) is 0 Å². The molecule has 0 spiro atoms. The molecule has 0 aromatic rings. The van der Waals surface area contributed by atoms with Gasteiger partial charge in [0.1, 0.15) is 0 Å². The molecule has 1 aliphatic carbocycles. The van der Waals surface area contributed by atoms with E-state index in [1.54, 1.807) is 13.8 Å². The first-order valence-electron chi connectivity index (χ1n) is 8.66. The lowest BCUT2D eigenvalue weighted by molar-refractivity contribution is -0.0131. The first-order valence-corrected chi connectivity index (χ1v) is 10.2. The summed E-state index contributed by atoms with van der Waals surface area (Å²) in [4.78, 5) is 0. The Morgan fingerprint density at radius 2 is 1.73 bits per heavy atom. The monoisotopic (exact) mass is 335 g/mol. The normalized spacial score (nSPS) is 23.1. The summed E-state index contributed by atoms with van der Waals surface area (Å²) in [5.41, 5.74) is 0. The van der Waals surface area contributed by atoms with Crippen molar-refractivity contribution < 1.29 is 17.9 Å². The zero-order valence-electron chi connectivity index (χ0n) is 14.3. The highest BCUT2D eigenvalue weighted by Crippen LogP contribution is 2.22. The van der Waals surface area contributed by atoms with Crippen LogP contribution in [0, 0.1) is 0 Å². The minimum Gasteiger partial charge on any atom is -0.379 e. The quantitative estimate of drug-likeness (QED) is 0.590. The fraction of sp³-hybridized carbons (Fsp3) is 1.00. The van der Waals surface area contributed by atoms with Gasteiger partial charge in [-0.2, -0.15) is 0 Å². The minimum atomic E-state index is -3.16. The number of ether oxygens (including phenoxy) is 2. The maximum Gasteiger partial charge on any atom is 0.214 e. The van der Waals surface area contributed by atoms with E-state index >= 15 is 0 Å². The maximum absolute atomic E-state index is 11.8. The van der Waals surface area contributed by atoms with Gasteiger partial charge in [0, 0.05) is 12.6 Å². The van der Waals surface area contributed by atoms with Crippen molar-refractivity contribution in [2.24, 2.45) is 0 Å². The van der Waals surface area contributed by atoms with Crippen LogP contribution in [0.4, 0.5) is 0 Å². The molecule has 0 radical (unpaired) electrons. The minimum absolute atomic E-state index is 0.0672. The third-order valence-electron chi connectivity index (χ3n) is 4.10. The molecule has 1 rings (SSSR count). The fourth-order valence-corrected chi connectivity index (χ4v) is 3.52. The van der Waals surface area contributed by atoms with Gasteiger partial charge in [-0.05, 0) is 46.0 Å². The van der Waals surface area contributed by atoms with Crippen molar-refractivity contribution in [1.29, 1.82) is 0 Å². The van der Waals surface area contributed by atoms with Crippen molar-refractivity contribution in [2.45, 2.75) is 83.1 Å². The molecule has 0 aromatic heterocycles. The van der Waals surface area contributed by atoms with Gasteiger partial charge in [-0.3, -0.25) is 0 Å². The molecule has 6 heteroatoms. The zero-order chi connectivity index (χ0) is 16.4. The number of sulfonamides is 1. The molecule has 0 heterocycles. The van der Waals surface area contributed by atoms with Crippen molar-refractivity contribution >= 4 is 10.0 Å². The summed E-state index contributed by atoms with van der Waals surface area (Å²) >= 11 is 0. The number of nitrogens with one attached hydrogen (secondary N) is 1. The van der Waals surface area contributed by atoms with Crippen LogP contribution in [0.15, 0.2) is 0 Å². The Morgan fingerprint density at radius 1 is 1.05 bits per heavy atom. The Bertz CT molecular complexity index is 376. The van der Waals surface area contributed by atoms with Gasteiger partial charge in [-0.25, -0.2) is 13.1 Å². The topological polar surface area (TPSA) is 64.6 Å². The summed E-state index contributed by atoms with van der Waals surface area (Å²) < 4.78 is 37.8. The predicted octanol–water partition coefficient (Wildman–Crippen LogP) is 2.85. The Morgan fingerprint density at radius 3 is 2.32 bits per heavy atom. The van der Waals surface area contributed by atoms with E-state index < -0.39 is 10.0 Å². The van der Waals surface area contributed by atoms with E-state index in [4.69, 9.17) is 9.47 Å². The Hall–Kier alpha value is -0.170. The average Bonchev–Trinajstić information content (AvgIpc) is 2.47. The molecule has 0 unspecified atom stereocenters. The smallest absolute Gasteiger partial charge is 0.214 e. The molecule has 22 heavy (non-hydrogen) atoms. The van der Waals surface area contributed by atoms with E-state index in [0.717, 1.165) is 38.7 Å². The molecular formula is C16H33NO4S. The van der Waals surface area contributed by atoms with Gasteiger partial charge in [-0.15, -0.1) is 0 Å². The maximum atomic E-state index is 11.8. The summed E-state index contributed by atoms with van der Waals surface area (Å²) in [7, 11) is -3.16. The van der Waals surface area contributed by atoms with E-state index in [2.05, 4.69) is 11.6 Å². The van der Waals surface area contributed by atoms with Crippen LogP contribution in [0.1, 0.15) is 65.7 Å². The van der Waals surface area contributed by atoms with Crippen molar-refractivity contribution in [2.75, 3.05) is 19.8 Å². The molecule has 1 fully saturated rings. The molecular weight excluding hydrogens is 302 g/mol. The van der Waals surface area contributed by atoms with Gasteiger partial charge < -0.3 is 9.47 Å². The Labute approximate surface area is 136 Å². The molecule has 1 aliphatic rings. The molecule has 5 nitrogen and oxygen atoms in total. The molecule has 0 aliphatic heterocycles. The highest BCUT2D eigenvalue weighted by atomic mass is 32.2. The summed E-state index contributed by atoms with van der Waals surface area (Å²) in [6.07, 6.45) is 7.35. The van der Waals surface area contributed by atoms with Gasteiger partial charge in [0.25, 0.3) is 0 Å². The number of unbranched alkanes of at least 4 members (excludes halogenated alkanes) is 2. The van der Waals surface area contributed by atoms with Gasteiger partial charge in [0.05, 0.1) is 24.6 Å². The molecule has 0 amide bonds. The summed E-state index contributed by atoms with van der Waals surface area (Å²) in [6.45, 7) is 7.71. The molecule has 0 aromatic carbocycles. The second-order valence-electron chi connectivity index (χ2n) is 6.38. The van der Waals surface area contributed by atoms with Crippen molar-refractivity contribution in [1.82, 2.24) is 4.72 Å². The van der Waals surface area contributed by atoms with Crippen LogP contribution >= 0.6 is 0 Å². The lowest BCUT2D eigenvalue weighted by Crippen LogP contribution is -2.42. The summed E-state index contributed by atoms with van der Waals surface area (Å²) in [5.74, 6) is 0. The highest BCUT2D eigenvalue weighted by Gasteiger charge is 2.26. The van der Waals surface area contributed by atoms with E-state index in [1.165, 1.54) is 12.8 Å². The van der Waals surface area contributed by atoms with Gasteiger partial charge >= 0.3 is 0 Å². The van der Waals surface area contributed by atoms with Gasteiger partial charge in [0.15, 0.2) is 0 Å². The number of hydrogen-bond acceptors (Lipinski definition) is 4. The SMILES string of the molecule is CCCCCOCCOC1CCC(NS(=O)(=O)C(C)C)CC1. The van der Waals surface area contributed by atoms with Gasteiger partial charge in [-0.1, -0.05) is 19.8 Å². The second-order valence-corrected chi connectivity index (χ2v) is 8.64. The highest BCUT2D eigenvalue weighted by molar-refractivity contribution is 7.90. The van der Waals surface area contributed by atoms with Gasteiger partial charge in [0.2, 0.25) is 10.0 Å². The molecule has 1 saturated carbocycles. The van der Waals surface area contributed by atoms with Crippen molar-refractivity contribution in [3.8, 4) is 0 Å². The van der Waals surface area contributed by atoms with E-state index in [0.29, 0.717) is 13.2 Å².